The van der Waals surface area contributed by atoms with E-state index in [1.165, 1.54) is 11.1 Å². The zero-order chi connectivity index (χ0) is 17.2. The Kier molecular flexibility index (Phi) is 4.39. The SMILES string of the molecule is CC(C)(C)c1ccc(C(c2ccc(O)cc2)c2ccccn2)cc1. The fourth-order valence-electron chi connectivity index (χ4n) is 2.92. The summed E-state index contributed by atoms with van der Waals surface area (Å²) in [5.74, 6) is 0.336. The molecule has 0 bridgehead atoms. The van der Waals surface area contributed by atoms with Gasteiger partial charge in [0.15, 0.2) is 0 Å². The molecular formula is C22H23NO. The Morgan fingerprint density at radius 3 is 1.88 bits per heavy atom. The van der Waals surface area contributed by atoms with Crippen LogP contribution in [-0.2, 0) is 5.41 Å². The minimum Gasteiger partial charge on any atom is -0.508 e. The molecule has 1 heterocycles. The van der Waals surface area contributed by atoms with Crippen LogP contribution in [-0.4, -0.2) is 10.1 Å². The zero-order valence-electron chi connectivity index (χ0n) is 14.4. The number of nitrogens with zero attached hydrogens (tertiary/aromatic N) is 1. The number of aromatic nitrogens is 1. The third-order valence-electron chi connectivity index (χ3n) is 4.32. The van der Waals surface area contributed by atoms with E-state index < -0.39 is 0 Å². The molecule has 0 aliphatic rings. The lowest BCUT2D eigenvalue weighted by Gasteiger charge is -2.22. The van der Waals surface area contributed by atoms with E-state index in [0.717, 1.165) is 11.3 Å². The molecule has 3 rings (SSSR count). The van der Waals surface area contributed by atoms with Gasteiger partial charge in [-0.3, -0.25) is 4.98 Å². The van der Waals surface area contributed by atoms with Crippen molar-refractivity contribution in [2.45, 2.75) is 32.1 Å². The smallest absolute Gasteiger partial charge is 0.115 e. The molecule has 0 saturated carbocycles. The molecule has 1 atom stereocenters. The number of phenolic OH excluding ortho intramolecular Hbond substituents is 1. The number of hydrogen-bond donors (Lipinski definition) is 1. The Morgan fingerprint density at radius 2 is 1.38 bits per heavy atom. The second kappa shape index (κ2) is 6.48. The highest BCUT2D eigenvalue weighted by Crippen LogP contribution is 2.33. The lowest BCUT2D eigenvalue weighted by molar-refractivity contribution is 0.475. The number of pyridine rings is 1. The van der Waals surface area contributed by atoms with Crippen molar-refractivity contribution in [3.05, 3.63) is 95.3 Å². The van der Waals surface area contributed by atoms with Gasteiger partial charge in [0.2, 0.25) is 0 Å². The lowest BCUT2D eigenvalue weighted by atomic mass is 9.83. The first-order valence-corrected chi connectivity index (χ1v) is 8.25. The summed E-state index contributed by atoms with van der Waals surface area (Å²) < 4.78 is 0. The van der Waals surface area contributed by atoms with E-state index in [1.54, 1.807) is 12.1 Å². The van der Waals surface area contributed by atoms with Crippen molar-refractivity contribution in [1.29, 1.82) is 0 Å². The highest BCUT2D eigenvalue weighted by atomic mass is 16.3. The van der Waals surface area contributed by atoms with Crippen LogP contribution in [0.2, 0.25) is 0 Å². The molecule has 1 N–H and O–H groups in total. The molecule has 0 saturated heterocycles. The van der Waals surface area contributed by atoms with Gasteiger partial charge < -0.3 is 5.11 Å². The van der Waals surface area contributed by atoms with Gasteiger partial charge in [-0.25, -0.2) is 0 Å². The molecule has 2 aromatic carbocycles. The minimum absolute atomic E-state index is 0.0563. The summed E-state index contributed by atoms with van der Waals surface area (Å²) in [6.07, 6.45) is 1.83. The molecule has 122 valence electrons. The molecule has 1 aromatic heterocycles. The molecule has 0 fully saturated rings. The molecule has 3 aromatic rings. The Balaban J connectivity index is 2.06. The van der Waals surface area contributed by atoms with Crippen LogP contribution in [0.5, 0.6) is 5.75 Å². The van der Waals surface area contributed by atoms with Gasteiger partial charge in [-0.05, 0) is 46.4 Å². The van der Waals surface area contributed by atoms with Gasteiger partial charge in [0, 0.05) is 6.20 Å². The van der Waals surface area contributed by atoms with Crippen molar-refractivity contribution in [1.82, 2.24) is 4.98 Å². The fourth-order valence-corrected chi connectivity index (χ4v) is 2.92. The van der Waals surface area contributed by atoms with Gasteiger partial charge in [0.25, 0.3) is 0 Å². The summed E-state index contributed by atoms with van der Waals surface area (Å²) in [5, 5.41) is 9.59. The lowest BCUT2D eigenvalue weighted by Crippen LogP contribution is -2.11. The largest absolute Gasteiger partial charge is 0.508 e. The van der Waals surface area contributed by atoms with Crippen LogP contribution >= 0.6 is 0 Å². The van der Waals surface area contributed by atoms with E-state index in [1.807, 2.05) is 30.5 Å². The van der Waals surface area contributed by atoms with Crippen LogP contribution < -0.4 is 0 Å². The highest BCUT2D eigenvalue weighted by molar-refractivity contribution is 5.43. The third kappa shape index (κ3) is 3.48. The summed E-state index contributed by atoms with van der Waals surface area (Å²) in [4.78, 5) is 4.56. The van der Waals surface area contributed by atoms with Gasteiger partial charge in [0.05, 0.1) is 11.6 Å². The number of hydrogen-bond acceptors (Lipinski definition) is 2. The van der Waals surface area contributed by atoms with Gasteiger partial charge in [-0.2, -0.15) is 0 Å². The van der Waals surface area contributed by atoms with Crippen molar-refractivity contribution in [3.63, 3.8) is 0 Å². The van der Waals surface area contributed by atoms with Gasteiger partial charge in [-0.15, -0.1) is 0 Å². The van der Waals surface area contributed by atoms with Crippen molar-refractivity contribution >= 4 is 0 Å². The monoisotopic (exact) mass is 317 g/mol. The molecule has 1 unspecified atom stereocenters. The summed E-state index contributed by atoms with van der Waals surface area (Å²) in [7, 11) is 0. The van der Waals surface area contributed by atoms with Gasteiger partial charge in [0.1, 0.15) is 5.75 Å². The first-order chi connectivity index (χ1) is 11.4. The maximum atomic E-state index is 9.59. The molecule has 0 radical (unpaired) electrons. The average molecular weight is 317 g/mol. The fraction of sp³-hybridized carbons (Fsp3) is 0.227. The maximum absolute atomic E-state index is 9.59. The van der Waals surface area contributed by atoms with E-state index >= 15 is 0 Å². The summed E-state index contributed by atoms with van der Waals surface area (Å²) in [6.45, 7) is 6.66. The van der Waals surface area contributed by atoms with Crippen LogP contribution in [0.25, 0.3) is 0 Å². The van der Waals surface area contributed by atoms with E-state index in [0.29, 0.717) is 0 Å². The van der Waals surface area contributed by atoms with Crippen LogP contribution in [0.15, 0.2) is 72.9 Å². The molecule has 0 spiro atoms. The molecule has 0 amide bonds. The molecule has 0 aliphatic heterocycles. The van der Waals surface area contributed by atoms with Crippen LogP contribution in [0, 0.1) is 0 Å². The van der Waals surface area contributed by atoms with E-state index in [2.05, 4.69) is 56.1 Å². The van der Waals surface area contributed by atoms with Crippen molar-refractivity contribution in [3.8, 4) is 5.75 Å². The maximum Gasteiger partial charge on any atom is 0.115 e. The average Bonchev–Trinajstić information content (AvgIpc) is 2.58. The van der Waals surface area contributed by atoms with Crippen LogP contribution in [0.3, 0.4) is 0 Å². The Hall–Kier alpha value is -2.61. The highest BCUT2D eigenvalue weighted by Gasteiger charge is 2.19. The number of benzene rings is 2. The minimum atomic E-state index is 0.0563. The van der Waals surface area contributed by atoms with Gasteiger partial charge >= 0.3 is 0 Å². The van der Waals surface area contributed by atoms with Gasteiger partial charge in [-0.1, -0.05) is 63.2 Å². The number of aromatic hydroxyl groups is 1. The summed E-state index contributed by atoms with van der Waals surface area (Å²) >= 11 is 0. The summed E-state index contributed by atoms with van der Waals surface area (Å²) in [6, 6.07) is 22.2. The van der Waals surface area contributed by atoms with E-state index in [-0.39, 0.29) is 17.1 Å². The number of rotatable bonds is 3. The third-order valence-corrected chi connectivity index (χ3v) is 4.32. The second-order valence-corrected chi connectivity index (χ2v) is 7.15. The molecule has 0 aliphatic carbocycles. The molecule has 24 heavy (non-hydrogen) atoms. The van der Waals surface area contributed by atoms with E-state index in [4.69, 9.17) is 0 Å². The number of phenols is 1. The first-order valence-electron chi connectivity index (χ1n) is 8.25. The normalized spacial score (nSPS) is 12.8. The van der Waals surface area contributed by atoms with Crippen molar-refractivity contribution in [2.75, 3.05) is 0 Å². The topological polar surface area (TPSA) is 33.1 Å². The quantitative estimate of drug-likeness (QED) is 0.714. The Bertz CT molecular complexity index is 784. The molecular weight excluding hydrogens is 294 g/mol. The summed E-state index contributed by atoms with van der Waals surface area (Å²) in [5.41, 5.74) is 4.78. The Labute approximate surface area is 143 Å². The van der Waals surface area contributed by atoms with Crippen molar-refractivity contribution < 1.29 is 5.11 Å². The first kappa shape index (κ1) is 16.3. The van der Waals surface area contributed by atoms with Crippen molar-refractivity contribution in [2.24, 2.45) is 0 Å². The predicted octanol–water partition coefficient (Wildman–Crippen LogP) is 5.26. The van der Waals surface area contributed by atoms with E-state index in [9.17, 15) is 5.11 Å². The standard InChI is InChI=1S/C22H23NO/c1-22(2,3)18-11-7-16(8-12-18)21(20-6-4-5-15-23-20)17-9-13-19(24)14-10-17/h4-15,21,24H,1-3H3. The second-order valence-electron chi connectivity index (χ2n) is 7.15. The van der Waals surface area contributed by atoms with Crippen LogP contribution in [0.1, 0.15) is 49.1 Å². The zero-order valence-corrected chi connectivity index (χ0v) is 14.4. The Morgan fingerprint density at radius 1 is 0.792 bits per heavy atom. The molecule has 2 nitrogen and oxygen atoms in total. The van der Waals surface area contributed by atoms with Crippen LogP contribution in [0.4, 0.5) is 0 Å². The predicted molar refractivity (Wildman–Crippen MR) is 98.4 cm³/mol. The molecule has 2 heteroatoms.